The summed E-state index contributed by atoms with van der Waals surface area (Å²) in [6.07, 6.45) is -3.48. The predicted molar refractivity (Wildman–Crippen MR) is 184 cm³/mol. The normalized spacial score (nSPS) is 15.2. The maximum Gasteiger partial charge on any atom is 0.216 e. The Balaban J connectivity index is 0.000000378. The molecule has 0 N–H and O–H groups in total. The first kappa shape index (κ1) is 23.0. The van der Waals surface area contributed by atoms with E-state index >= 15 is 0 Å². The van der Waals surface area contributed by atoms with Crippen molar-refractivity contribution in [3.63, 3.8) is 0 Å². The zero-order valence-corrected chi connectivity index (χ0v) is 27.9. The van der Waals surface area contributed by atoms with E-state index in [9.17, 15) is 0 Å². The van der Waals surface area contributed by atoms with E-state index in [0.717, 1.165) is 11.3 Å². The second-order valence-corrected chi connectivity index (χ2v) is 11.4. The van der Waals surface area contributed by atoms with Gasteiger partial charge < -0.3 is 14.4 Å². The first-order valence-corrected chi connectivity index (χ1v) is 14.5. The molecule has 0 saturated carbocycles. The first-order valence-electron chi connectivity index (χ1n) is 19.0. The Hall–Kier alpha value is -4.44. The van der Waals surface area contributed by atoms with Crippen LogP contribution in [0.3, 0.4) is 0 Å². The van der Waals surface area contributed by atoms with Crippen molar-refractivity contribution in [2.75, 3.05) is 0 Å². The van der Waals surface area contributed by atoms with Gasteiger partial charge in [-0.15, -0.1) is 54.1 Å². The fourth-order valence-electron chi connectivity index (χ4n) is 4.75. The van der Waals surface area contributed by atoms with Crippen molar-refractivity contribution in [2.24, 2.45) is 5.41 Å². The number of hydrogen-bond donors (Lipinski definition) is 0. The third kappa shape index (κ3) is 8.23. The predicted octanol–water partition coefficient (Wildman–Crippen LogP) is 10.1. The number of nitrogens with zero attached hydrogens (tertiary/aromatic N) is 3. The molecule has 3 aromatic carbocycles. The Morgan fingerprint density at radius 1 is 0.739 bits per heavy atom. The van der Waals surface area contributed by atoms with Crippen LogP contribution in [0.5, 0.6) is 0 Å². The van der Waals surface area contributed by atoms with Crippen LogP contribution in [0.2, 0.25) is 0 Å². The van der Waals surface area contributed by atoms with Gasteiger partial charge in [0.25, 0.3) is 0 Å². The van der Waals surface area contributed by atoms with Gasteiger partial charge in [0.1, 0.15) is 0 Å². The third-order valence-corrected chi connectivity index (χ3v) is 6.72. The van der Waals surface area contributed by atoms with Crippen molar-refractivity contribution in [1.82, 2.24) is 15.0 Å². The molecule has 0 atom stereocenters. The monoisotopic (exact) mass is 789 g/mol. The summed E-state index contributed by atoms with van der Waals surface area (Å²) in [7, 11) is 0. The molecule has 4 nitrogen and oxygen atoms in total. The zero-order valence-electron chi connectivity index (χ0n) is 34.6. The Morgan fingerprint density at radius 2 is 1.52 bits per heavy atom. The Kier molecular flexibility index (Phi) is 7.37. The minimum Gasteiger partial charge on any atom is -0.486 e. The van der Waals surface area contributed by atoms with E-state index in [1.54, 1.807) is 45.2 Å². The van der Waals surface area contributed by atoms with Gasteiger partial charge in [-0.2, -0.15) is 0 Å². The number of benzene rings is 3. The topological polar surface area (TPSA) is 51.8 Å². The van der Waals surface area contributed by atoms with Gasteiger partial charge in [-0.05, 0) is 78.2 Å². The quantitative estimate of drug-likeness (QED) is 0.158. The summed E-state index contributed by atoms with van der Waals surface area (Å²) in [6.45, 7) is 2.96. The van der Waals surface area contributed by atoms with Crippen molar-refractivity contribution in [3.8, 4) is 22.5 Å². The third-order valence-electron chi connectivity index (χ3n) is 6.72. The van der Waals surface area contributed by atoms with Gasteiger partial charge in [-0.1, -0.05) is 79.7 Å². The summed E-state index contributed by atoms with van der Waals surface area (Å²) in [4.78, 5) is 12.8. The molecule has 4 heterocycles. The van der Waals surface area contributed by atoms with Gasteiger partial charge in [0.15, 0.2) is 0 Å². The van der Waals surface area contributed by atoms with Gasteiger partial charge >= 0.3 is 0 Å². The van der Waals surface area contributed by atoms with Crippen LogP contribution in [-0.2, 0) is 39.2 Å². The summed E-state index contributed by atoms with van der Waals surface area (Å²) in [5.41, 5.74) is 2.89. The molecular weight excluding hydrogens is 743 g/mol. The van der Waals surface area contributed by atoms with Crippen molar-refractivity contribution in [2.45, 2.75) is 46.7 Å². The molecule has 1 radical (unpaired) electrons. The van der Waals surface area contributed by atoms with Crippen LogP contribution in [0.1, 0.15) is 55.5 Å². The number of rotatable bonds is 6. The molecular formula is C41H37IrN3O-2. The Bertz CT molecular complexity index is 2360. The SMILES string of the molecule is [2H]C([2H])([2H])c1ccc2c(n1)oc1c(-c3cc(C([2H])([2H])C([2H])([2H])c4ccc(C([2H])([2H])C(C)(C)C)cc4)ccn3)[c-]ccc12.[Ir].[c-]1ccccc1-c1ccccn1. The fourth-order valence-corrected chi connectivity index (χ4v) is 4.75. The molecule has 0 saturated heterocycles. The molecule has 5 heteroatoms. The summed E-state index contributed by atoms with van der Waals surface area (Å²) in [6, 6.07) is 35.1. The number of aromatic nitrogens is 3. The average molecular weight is 789 g/mol. The first-order chi connectivity index (χ1) is 25.3. The number of hydrogen-bond acceptors (Lipinski definition) is 4. The number of furan rings is 1. The van der Waals surface area contributed by atoms with Gasteiger partial charge in [-0.25, -0.2) is 4.98 Å². The molecule has 4 aromatic heterocycles. The molecule has 0 fully saturated rings. The molecule has 0 aliphatic heterocycles. The van der Waals surface area contributed by atoms with E-state index in [1.807, 2.05) is 42.5 Å². The molecule has 0 unspecified atom stereocenters. The van der Waals surface area contributed by atoms with E-state index in [1.165, 1.54) is 48.7 Å². The van der Waals surface area contributed by atoms with Crippen LogP contribution in [0.25, 0.3) is 44.6 Å². The minimum atomic E-state index is -2.51. The number of fused-ring (bicyclic) bond motifs is 3. The van der Waals surface area contributed by atoms with Gasteiger partial charge in [0, 0.05) is 55.9 Å². The van der Waals surface area contributed by atoms with Gasteiger partial charge in [-0.3, -0.25) is 0 Å². The molecule has 0 bridgehead atoms. The van der Waals surface area contributed by atoms with E-state index in [-0.39, 0.29) is 42.6 Å². The molecule has 7 rings (SSSR count). The second kappa shape index (κ2) is 14.8. The molecule has 46 heavy (non-hydrogen) atoms. The van der Waals surface area contributed by atoms with Crippen molar-refractivity contribution in [1.29, 1.82) is 0 Å². The number of pyridine rings is 3. The van der Waals surface area contributed by atoms with Crippen LogP contribution in [0, 0.1) is 24.4 Å². The van der Waals surface area contributed by atoms with Crippen LogP contribution in [-0.4, -0.2) is 15.0 Å². The number of aryl methyl sites for hydroxylation is 3. The van der Waals surface area contributed by atoms with Gasteiger partial charge in [0.05, 0.1) is 5.58 Å². The maximum atomic E-state index is 8.87. The second-order valence-electron chi connectivity index (χ2n) is 11.4. The maximum absolute atomic E-state index is 8.87. The summed E-state index contributed by atoms with van der Waals surface area (Å²) in [5, 5.41) is 1.26. The van der Waals surface area contributed by atoms with Gasteiger partial charge in [0.2, 0.25) is 5.71 Å². The Morgan fingerprint density at radius 3 is 2.26 bits per heavy atom. The minimum absolute atomic E-state index is 0. The van der Waals surface area contributed by atoms with Crippen molar-refractivity contribution in [3.05, 3.63) is 150 Å². The molecule has 0 spiro atoms. The van der Waals surface area contributed by atoms with Crippen LogP contribution in [0.15, 0.2) is 120 Å². The Labute approximate surface area is 298 Å². The van der Waals surface area contributed by atoms with E-state index < -0.39 is 31.4 Å². The molecule has 0 amide bonds. The fraction of sp³-hybridized carbons (Fsp3) is 0.195. The molecule has 0 aliphatic rings. The van der Waals surface area contributed by atoms with Crippen LogP contribution in [0.4, 0.5) is 0 Å². The summed E-state index contributed by atoms with van der Waals surface area (Å²) >= 11 is 0. The van der Waals surface area contributed by atoms with E-state index in [0.29, 0.717) is 33.2 Å². The molecule has 233 valence electrons. The van der Waals surface area contributed by atoms with Crippen molar-refractivity contribution >= 4 is 22.1 Å². The molecule has 7 aromatic rings. The summed E-state index contributed by atoms with van der Waals surface area (Å²) < 4.78 is 81.2. The zero-order chi connectivity index (χ0) is 39.1. The summed E-state index contributed by atoms with van der Waals surface area (Å²) in [5.74, 6) is 0. The molecule has 0 aliphatic carbocycles. The van der Waals surface area contributed by atoms with Crippen molar-refractivity contribution < 1.29 is 36.9 Å². The smallest absolute Gasteiger partial charge is 0.216 e. The van der Waals surface area contributed by atoms with Crippen LogP contribution >= 0.6 is 0 Å². The average Bonchev–Trinajstić information content (AvgIpc) is 3.53. The van der Waals surface area contributed by atoms with E-state index in [2.05, 4.69) is 27.1 Å². The van der Waals surface area contributed by atoms with E-state index in [4.69, 9.17) is 16.8 Å². The standard InChI is InChI=1S/C30H29N2O.C11H8N.Ir/c1-20-8-15-25-24-6-5-7-26(28(24)33-29(25)32-20)27-18-22(16-17-31-27)12-9-21-10-13-23(14-11-21)19-30(2,3)4;1-2-6-10(7-3-1)11-8-4-5-9-12-11;/h5-6,8,10-11,13-18H,9,12,19H2,1-4H3;1-6,8-9H;/q2*-1;/i1D3,9D2,12D2,19D2;;. The largest absolute Gasteiger partial charge is 0.486 e. The van der Waals surface area contributed by atoms with Crippen LogP contribution < -0.4 is 0 Å².